The molecule has 2 atom stereocenters. The van der Waals surface area contributed by atoms with Crippen molar-refractivity contribution in [3.05, 3.63) is 29.6 Å². The van der Waals surface area contributed by atoms with E-state index in [1.165, 1.54) is 25.7 Å². The Kier molecular flexibility index (Phi) is 4.19. The first kappa shape index (κ1) is 16.1. The average Bonchev–Trinajstić information content (AvgIpc) is 3.35. The van der Waals surface area contributed by atoms with Crippen molar-refractivity contribution in [1.29, 1.82) is 0 Å². The van der Waals surface area contributed by atoms with E-state index in [9.17, 15) is 4.79 Å². The summed E-state index contributed by atoms with van der Waals surface area (Å²) in [6.45, 7) is 5.43. The first-order valence-electron chi connectivity index (χ1n) is 9.14. The lowest BCUT2D eigenvalue weighted by atomic mass is 10.1. The van der Waals surface area contributed by atoms with E-state index in [0.717, 1.165) is 23.8 Å². The van der Waals surface area contributed by atoms with Gasteiger partial charge in [0.25, 0.3) is 0 Å². The number of carbonyl (C=O) groups excluding carboxylic acids is 1. The van der Waals surface area contributed by atoms with Gasteiger partial charge in [0.15, 0.2) is 5.82 Å². The molecule has 3 heterocycles. The smallest absolute Gasteiger partial charge is 0.318 e. The van der Waals surface area contributed by atoms with Crippen molar-refractivity contribution < 1.29 is 4.79 Å². The molecular weight excluding hydrogens is 318 g/mol. The highest BCUT2D eigenvalue weighted by Crippen LogP contribution is 2.35. The lowest BCUT2D eigenvalue weighted by molar-refractivity contribution is 0.156. The predicted molar refractivity (Wildman–Crippen MR) is 91.9 cm³/mol. The topological polar surface area (TPSA) is 91.7 Å². The normalized spacial score (nSPS) is 22.0. The Morgan fingerprint density at radius 1 is 1.28 bits per heavy atom. The minimum Gasteiger partial charge on any atom is -0.331 e. The standard InChI is InChI=1S/C17H25N7O/c1-11(14-9-18-19-10-14)20-17(25)23-7-8-24-15(12(23)2)21-22-16(24)13-5-3-4-6-13/h9-13H,3-8H2,1-2H3,(H,18,19)(H,20,25). The lowest BCUT2D eigenvalue weighted by Gasteiger charge is -2.34. The SMILES string of the molecule is CC(NC(=O)N1CCn2c(C3CCCC3)nnc2C1C)c1cn[nH]c1. The number of nitrogens with one attached hydrogen (secondary N) is 2. The molecule has 0 bridgehead atoms. The zero-order valence-electron chi connectivity index (χ0n) is 14.8. The quantitative estimate of drug-likeness (QED) is 0.896. The summed E-state index contributed by atoms with van der Waals surface area (Å²) in [5.41, 5.74) is 0.963. The highest BCUT2D eigenvalue weighted by atomic mass is 16.2. The molecule has 134 valence electrons. The molecule has 2 aromatic heterocycles. The van der Waals surface area contributed by atoms with E-state index >= 15 is 0 Å². The lowest BCUT2D eigenvalue weighted by Crippen LogP contribution is -2.47. The minimum absolute atomic E-state index is 0.0714. The van der Waals surface area contributed by atoms with E-state index in [2.05, 4.69) is 30.3 Å². The van der Waals surface area contributed by atoms with Crippen molar-refractivity contribution in [1.82, 2.24) is 35.2 Å². The maximum absolute atomic E-state index is 12.7. The van der Waals surface area contributed by atoms with Crippen molar-refractivity contribution in [3.63, 3.8) is 0 Å². The molecule has 2 aliphatic rings. The Morgan fingerprint density at radius 3 is 2.76 bits per heavy atom. The summed E-state index contributed by atoms with van der Waals surface area (Å²) in [6.07, 6.45) is 8.51. The molecule has 25 heavy (non-hydrogen) atoms. The second kappa shape index (κ2) is 6.50. The number of carbonyl (C=O) groups is 1. The largest absolute Gasteiger partial charge is 0.331 e. The fraction of sp³-hybridized carbons (Fsp3) is 0.647. The Morgan fingerprint density at radius 2 is 2.04 bits per heavy atom. The van der Waals surface area contributed by atoms with E-state index < -0.39 is 0 Å². The van der Waals surface area contributed by atoms with Crippen LogP contribution in [0.25, 0.3) is 0 Å². The number of nitrogens with zero attached hydrogens (tertiary/aromatic N) is 5. The van der Waals surface area contributed by atoms with Crippen LogP contribution >= 0.6 is 0 Å². The molecule has 8 nitrogen and oxygen atoms in total. The van der Waals surface area contributed by atoms with E-state index in [0.29, 0.717) is 12.5 Å². The van der Waals surface area contributed by atoms with E-state index in [1.54, 1.807) is 12.4 Å². The molecule has 2 aromatic rings. The Bertz CT molecular complexity index is 732. The van der Waals surface area contributed by atoms with Crippen LogP contribution in [0.3, 0.4) is 0 Å². The third kappa shape index (κ3) is 2.89. The monoisotopic (exact) mass is 343 g/mol. The number of aromatic nitrogens is 5. The molecule has 0 saturated heterocycles. The van der Waals surface area contributed by atoms with Crippen LogP contribution in [0.2, 0.25) is 0 Å². The summed E-state index contributed by atoms with van der Waals surface area (Å²) in [5.74, 6) is 2.56. The summed E-state index contributed by atoms with van der Waals surface area (Å²) < 4.78 is 2.24. The molecule has 8 heteroatoms. The van der Waals surface area contributed by atoms with Gasteiger partial charge in [-0.2, -0.15) is 5.10 Å². The van der Waals surface area contributed by atoms with Gasteiger partial charge in [0.1, 0.15) is 5.82 Å². The Hall–Kier alpha value is -2.38. The zero-order chi connectivity index (χ0) is 17.4. The summed E-state index contributed by atoms with van der Waals surface area (Å²) in [5, 5.41) is 18.6. The van der Waals surface area contributed by atoms with Gasteiger partial charge in [0.05, 0.1) is 18.3 Å². The number of fused-ring (bicyclic) bond motifs is 1. The fourth-order valence-corrected chi connectivity index (χ4v) is 4.02. The maximum atomic E-state index is 12.7. The number of amides is 2. The summed E-state index contributed by atoms with van der Waals surface area (Å²) in [4.78, 5) is 14.6. The van der Waals surface area contributed by atoms with Crippen molar-refractivity contribution in [3.8, 4) is 0 Å². The van der Waals surface area contributed by atoms with Gasteiger partial charge in [-0.1, -0.05) is 12.8 Å². The van der Waals surface area contributed by atoms with Crippen LogP contribution in [0.1, 0.15) is 74.7 Å². The first-order chi connectivity index (χ1) is 12.1. The van der Waals surface area contributed by atoms with Gasteiger partial charge in [-0.05, 0) is 26.7 Å². The van der Waals surface area contributed by atoms with Crippen LogP contribution in [0.15, 0.2) is 12.4 Å². The van der Waals surface area contributed by atoms with Crippen LogP contribution in [0.4, 0.5) is 4.79 Å². The van der Waals surface area contributed by atoms with Crippen LogP contribution < -0.4 is 5.32 Å². The van der Waals surface area contributed by atoms with Gasteiger partial charge >= 0.3 is 6.03 Å². The third-order valence-corrected chi connectivity index (χ3v) is 5.55. The number of rotatable bonds is 3. The number of H-pyrrole nitrogens is 1. The molecule has 0 spiro atoms. The van der Waals surface area contributed by atoms with Gasteiger partial charge < -0.3 is 14.8 Å². The number of hydrogen-bond donors (Lipinski definition) is 2. The molecule has 0 radical (unpaired) electrons. The molecule has 1 aliphatic heterocycles. The van der Waals surface area contributed by atoms with Gasteiger partial charge in [-0.15, -0.1) is 10.2 Å². The van der Waals surface area contributed by atoms with Crippen LogP contribution in [-0.2, 0) is 6.54 Å². The van der Waals surface area contributed by atoms with Gasteiger partial charge in [-0.3, -0.25) is 5.10 Å². The second-order valence-corrected chi connectivity index (χ2v) is 7.12. The molecule has 4 rings (SSSR count). The van der Waals surface area contributed by atoms with Gasteiger partial charge in [0.2, 0.25) is 0 Å². The van der Waals surface area contributed by atoms with Crippen molar-refractivity contribution >= 4 is 6.03 Å². The fourth-order valence-electron chi connectivity index (χ4n) is 4.02. The van der Waals surface area contributed by atoms with Crippen molar-refractivity contribution in [2.24, 2.45) is 0 Å². The number of aromatic amines is 1. The highest BCUT2D eigenvalue weighted by molar-refractivity contribution is 5.75. The molecule has 1 fully saturated rings. The van der Waals surface area contributed by atoms with Crippen LogP contribution in [0.5, 0.6) is 0 Å². The highest BCUT2D eigenvalue weighted by Gasteiger charge is 2.34. The predicted octanol–water partition coefficient (Wildman–Crippen LogP) is 2.51. The van der Waals surface area contributed by atoms with Gasteiger partial charge in [0, 0.05) is 30.8 Å². The second-order valence-electron chi connectivity index (χ2n) is 7.12. The zero-order valence-corrected chi connectivity index (χ0v) is 14.8. The van der Waals surface area contributed by atoms with E-state index in [4.69, 9.17) is 0 Å². The molecular formula is C17H25N7O. The van der Waals surface area contributed by atoms with Crippen LogP contribution in [-0.4, -0.2) is 42.4 Å². The maximum Gasteiger partial charge on any atom is 0.318 e. The van der Waals surface area contributed by atoms with Crippen LogP contribution in [0, 0.1) is 0 Å². The van der Waals surface area contributed by atoms with Crippen molar-refractivity contribution in [2.45, 2.75) is 64.1 Å². The average molecular weight is 343 g/mol. The minimum atomic E-state index is -0.0905. The Labute approximate surface area is 147 Å². The summed E-state index contributed by atoms with van der Waals surface area (Å²) in [6, 6.07) is -0.238. The van der Waals surface area contributed by atoms with Crippen molar-refractivity contribution in [2.75, 3.05) is 6.54 Å². The van der Waals surface area contributed by atoms with E-state index in [-0.39, 0.29) is 18.1 Å². The molecule has 1 saturated carbocycles. The number of hydrogen-bond acceptors (Lipinski definition) is 4. The first-order valence-corrected chi connectivity index (χ1v) is 9.14. The summed E-state index contributed by atoms with van der Waals surface area (Å²) >= 11 is 0. The number of urea groups is 1. The molecule has 0 aromatic carbocycles. The molecule has 2 unspecified atom stereocenters. The van der Waals surface area contributed by atoms with E-state index in [1.807, 2.05) is 18.7 Å². The molecule has 1 aliphatic carbocycles. The third-order valence-electron chi connectivity index (χ3n) is 5.55. The Balaban J connectivity index is 1.47. The summed E-state index contributed by atoms with van der Waals surface area (Å²) in [7, 11) is 0. The van der Waals surface area contributed by atoms with Gasteiger partial charge in [-0.25, -0.2) is 4.79 Å². The molecule has 2 amide bonds. The molecule has 2 N–H and O–H groups in total.